The van der Waals surface area contributed by atoms with Crippen molar-refractivity contribution in [2.24, 2.45) is 5.92 Å². The van der Waals surface area contributed by atoms with Crippen LogP contribution in [-0.4, -0.2) is 12.9 Å². The summed E-state index contributed by atoms with van der Waals surface area (Å²) in [5, 5.41) is 0.748. The lowest BCUT2D eigenvalue weighted by atomic mass is 10.0. The van der Waals surface area contributed by atoms with Gasteiger partial charge in [0.1, 0.15) is 5.75 Å². The summed E-state index contributed by atoms with van der Waals surface area (Å²) < 4.78 is 5.73. The van der Waals surface area contributed by atoms with Gasteiger partial charge in [0.05, 0.1) is 12.2 Å². The fourth-order valence-electron chi connectivity index (χ4n) is 2.02. The Morgan fingerprint density at radius 3 is 2.55 bits per heavy atom. The minimum absolute atomic E-state index is 0.357. The van der Waals surface area contributed by atoms with Crippen LogP contribution in [0.15, 0.2) is 48.5 Å². The van der Waals surface area contributed by atoms with Crippen molar-refractivity contribution in [2.75, 3.05) is 6.61 Å². The second kappa shape index (κ2) is 7.11. The molecule has 0 fully saturated rings. The predicted molar refractivity (Wildman–Crippen MR) is 81.6 cm³/mol. The Morgan fingerprint density at radius 2 is 1.85 bits per heavy atom. The summed E-state index contributed by atoms with van der Waals surface area (Å²) in [6.07, 6.45) is 1.74. The number of hydrogen-bond acceptors (Lipinski definition) is 2. The molecule has 0 saturated heterocycles. The van der Waals surface area contributed by atoms with E-state index in [1.54, 1.807) is 6.07 Å². The molecule has 1 atom stereocenters. The van der Waals surface area contributed by atoms with Gasteiger partial charge in [0, 0.05) is 5.02 Å². The van der Waals surface area contributed by atoms with Gasteiger partial charge in [-0.05, 0) is 42.2 Å². The maximum absolute atomic E-state index is 10.9. The van der Waals surface area contributed by atoms with Crippen LogP contribution in [0, 0.1) is 5.92 Å². The van der Waals surface area contributed by atoms with Gasteiger partial charge >= 0.3 is 0 Å². The zero-order chi connectivity index (χ0) is 14.4. The molecule has 0 aliphatic rings. The summed E-state index contributed by atoms with van der Waals surface area (Å²) in [5.41, 5.74) is 1.82. The molecule has 0 aliphatic heterocycles. The van der Waals surface area contributed by atoms with Crippen molar-refractivity contribution in [3.8, 4) is 5.75 Å². The highest BCUT2D eigenvalue weighted by molar-refractivity contribution is 6.30. The standard InChI is InChI=1S/C17H17ClO2/c1-13(10-14-6-8-16(18)9-7-14)12-20-17-5-3-2-4-15(17)11-19/h2-9,11,13H,10,12H2,1H3. The molecule has 0 spiro atoms. The molecule has 104 valence electrons. The van der Waals surface area contributed by atoms with E-state index in [4.69, 9.17) is 16.3 Å². The average molecular weight is 289 g/mol. The minimum Gasteiger partial charge on any atom is -0.493 e. The van der Waals surface area contributed by atoms with E-state index in [1.165, 1.54) is 5.56 Å². The Balaban J connectivity index is 1.90. The lowest BCUT2D eigenvalue weighted by molar-refractivity contribution is 0.111. The first-order valence-electron chi connectivity index (χ1n) is 6.60. The van der Waals surface area contributed by atoms with Gasteiger partial charge in [-0.1, -0.05) is 42.8 Å². The lowest BCUT2D eigenvalue weighted by Gasteiger charge is -2.14. The maximum Gasteiger partial charge on any atom is 0.153 e. The number of halogens is 1. The molecule has 0 radical (unpaired) electrons. The molecule has 0 aliphatic carbocycles. The van der Waals surface area contributed by atoms with E-state index in [-0.39, 0.29) is 0 Å². The van der Waals surface area contributed by atoms with Crippen LogP contribution in [0.2, 0.25) is 5.02 Å². The van der Waals surface area contributed by atoms with Gasteiger partial charge in [0.25, 0.3) is 0 Å². The first-order valence-corrected chi connectivity index (χ1v) is 6.98. The summed E-state index contributed by atoms with van der Waals surface area (Å²) >= 11 is 5.87. The van der Waals surface area contributed by atoms with E-state index in [0.29, 0.717) is 23.8 Å². The second-order valence-corrected chi connectivity index (χ2v) is 5.34. The summed E-state index contributed by atoms with van der Waals surface area (Å²) in [6.45, 7) is 2.70. The molecular weight excluding hydrogens is 272 g/mol. The van der Waals surface area contributed by atoms with E-state index in [0.717, 1.165) is 17.7 Å². The third-order valence-electron chi connectivity index (χ3n) is 3.07. The number of carbonyl (C=O) groups excluding carboxylic acids is 1. The molecule has 2 aromatic rings. The third kappa shape index (κ3) is 4.10. The lowest BCUT2D eigenvalue weighted by Crippen LogP contribution is -2.12. The van der Waals surface area contributed by atoms with Gasteiger partial charge in [-0.2, -0.15) is 0 Å². The van der Waals surface area contributed by atoms with Gasteiger partial charge in [0.15, 0.2) is 6.29 Å². The summed E-state index contributed by atoms with van der Waals surface area (Å²) in [4.78, 5) is 10.9. The zero-order valence-electron chi connectivity index (χ0n) is 11.4. The first-order chi connectivity index (χ1) is 9.69. The van der Waals surface area contributed by atoms with Crippen LogP contribution in [0.25, 0.3) is 0 Å². The van der Waals surface area contributed by atoms with Crippen molar-refractivity contribution in [1.29, 1.82) is 0 Å². The Hall–Kier alpha value is -1.80. The van der Waals surface area contributed by atoms with Crippen molar-refractivity contribution in [1.82, 2.24) is 0 Å². The smallest absolute Gasteiger partial charge is 0.153 e. The molecule has 2 aromatic carbocycles. The summed E-state index contributed by atoms with van der Waals surface area (Å²) in [7, 11) is 0. The number of hydrogen-bond donors (Lipinski definition) is 0. The highest BCUT2D eigenvalue weighted by Gasteiger charge is 2.07. The fourth-order valence-corrected chi connectivity index (χ4v) is 2.15. The molecule has 3 heteroatoms. The molecule has 2 rings (SSSR count). The normalized spacial score (nSPS) is 11.9. The van der Waals surface area contributed by atoms with Crippen LogP contribution in [-0.2, 0) is 6.42 Å². The number of rotatable bonds is 6. The molecule has 2 nitrogen and oxygen atoms in total. The molecule has 20 heavy (non-hydrogen) atoms. The highest BCUT2D eigenvalue weighted by atomic mass is 35.5. The van der Waals surface area contributed by atoms with Crippen molar-refractivity contribution in [2.45, 2.75) is 13.3 Å². The maximum atomic E-state index is 10.9. The SMILES string of the molecule is CC(COc1ccccc1C=O)Cc1ccc(Cl)cc1. The predicted octanol–water partition coefficient (Wildman–Crippen LogP) is 4.41. The number of para-hydroxylation sites is 1. The molecule has 0 saturated carbocycles. The molecule has 1 unspecified atom stereocenters. The first kappa shape index (κ1) is 14.6. The van der Waals surface area contributed by atoms with Crippen LogP contribution in [0.4, 0.5) is 0 Å². The van der Waals surface area contributed by atoms with E-state index in [1.807, 2.05) is 42.5 Å². The van der Waals surface area contributed by atoms with Crippen molar-refractivity contribution >= 4 is 17.9 Å². The molecule has 0 aromatic heterocycles. The number of aldehydes is 1. The van der Waals surface area contributed by atoms with E-state index in [2.05, 4.69) is 6.92 Å². The molecule has 0 heterocycles. The quantitative estimate of drug-likeness (QED) is 0.736. The zero-order valence-corrected chi connectivity index (χ0v) is 12.1. The van der Waals surface area contributed by atoms with Crippen LogP contribution >= 0.6 is 11.6 Å². The summed E-state index contributed by atoms with van der Waals surface area (Å²) in [6, 6.07) is 15.1. The minimum atomic E-state index is 0.357. The van der Waals surface area contributed by atoms with Gasteiger partial charge < -0.3 is 4.74 Å². The average Bonchev–Trinajstić information content (AvgIpc) is 2.48. The molecule has 0 bridgehead atoms. The Bertz CT molecular complexity index is 563. The van der Waals surface area contributed by atoms with Crippen molar-refractivity contribution in [3.63, 3.8) is 0 Å². The number of ether oxygens (including phenoxy) is 1. The van der Waals surface area contributed by atoms with Gasteiger partial charge in [-0.25, -0.2) is 0 Å². The highest BCUT2D eigenvalue weighted by Crippen LogP contribution is 2.18. The van der Waals surface area contributed by atoms with Crippen LogP contribution < -0.4 is 4.74 Å². The topological polar surface area (TPSA) is 26.3 Å². The monoisotopic (exact) mass is 288 g/mol. The van der Waals surface area contributed by atoms with Gasteiger partial charge in [-0.15, -0.1) is 0 Å². The van der Waals surface area contributed by atoms with E-state index >= 15 is 0 Å². The van der Waals surface area contributed by atoms with Crippen LogP contribution in [0.3, 0.4) is 0 Å². The summed E-state index contributed by atoms with van der Waals surface area (Å²) in [5.74, 6) is 1.00. The van der Waals surface area contributed by atoms with E-state index < -0.39 is 0 Å². The largest absolute Gasteiger partial charge is 0.493 e. The molecule has 0 amide bonds. The van der Waals surface area contributed by atoms with Crippen molar-refractivity contribution in [3.05, 3.63) is 64.7 Å². The van der Waals surface area contributed by atoms with E-state index in [9.17, 15) is 4.79 Å². The Kier molecular flexibility index (Phi) is 5.19. The van der Waals surface area contributed by atoms with Gasteiger partial charge in [-0.3, -0.25) is 4.79 Å². The Morgan fingerprint density at radius 1 is 1.15 bits per heavy atom. The fraction of sp³-hybridized carbons (Fsp3) is 0.235. The second-order valence-electron chi connectivity index (χ2n) is 4.90. The van der Waals surface area contributed by atoms with Crippen LogP contribution in [0.1, 0.15) is 22.8 Å². The molecular formula is C17H17ClO2. The van der Waals surface area contributed by atoms with Gasteiger partial charge in [0.2, 0.25) is 0 Å². The number of benzene rings is 2. The third-order valence-corrected chi connectivity index (χ3v) is 3.32. The Labute approximate surface area is 124 Å². The van der Waals surface area contributed by atoms with Crippen molar-refractivity contribution < 1.29 is 9.53 Å². The molecule has 0 N–H and O–H groups in total. The van der Waals surface area contributed by atoms with Crippen LogP contribution in [0.5, 0.6) is 5.75 Å². The number of carbonyl (C=O) groups is 1.